The van der Waals surface area contributed by atoms with Crippen molar-refractivity contribution >= 4 is 5.95 Å². The Balaban J connectivity index is 1.87. The predicted molar refractivity (Wildman–Crippen MR) is 116 cm³/mol. The van der Waals surface area contributed by atoms with Gasteiger partial charge in [-0.15, -0.1) is 0 Å². The quantitative estimate of drug-likeness (QED) is 0.764. The first-order valence-electron chi connectivity index (χ1n) is 10.2. The lowest BCUT2D eigenvalue weighted by molar-refractivity contribution is 0.153. The molecule has 5 heteroatoms. The average Bonchev–Trinajstić information content (AvgIpc) is 2.67. The molecular formula is C23H34N4O. The lowest BCUT2D eigenvalue weighted by Gasteiger charge is -2.36. The third kappa shape index (κ3) is 5.02. The first-order chi connectivity index (χ1) is 13.3. The number of likely N-dealkylation sites (tertiary alicyclic amines) is 1. The van der Waals surface area contributed by atoms with Crippen LogP contribution in [-0.4, -0.2) is 55.7 Å². The summed E-state index contributed by atoms with van der Waals surface area (Å²) in [7, 11) is 5.69. The molecule has 28 heavy (non-hydrogen) atoms. The fourth-order valence-electron chi connectivity index (χ4n) is 3.94. The van der Waals surface area contributed by atoms with Crippen LogP contribution in [0.3, 0.4) is 0 Å². The van der Waals surface area contributed by atoms with Crippen molar-refractivity contribution < 1.29 is 4.74 Å². The monoisotopic (exact) mass is 382 g/mol. The standard InChI is InChI=1S/C23H34N4O/c1-23(2,3)16-27-13-11-18(12-14-27)21-20(15-24-22(25-21)26(4)5)17-7-9-19(28-6)10-8-17/h7-10,15,18H,11-14,16H2,1-6H3. The molecular weight excluding hydrogens is 348 g/mol. The van der Waals surface area contributed by atoms with Gasteiger partial charge in [0.25, 0.3) is 0 Å². The van der Waals surface area contributed by atoms with Crippen molar-refractivity contribution in [2.75, 3.05) is 45.7 Å². The Morgan fingerprint density at radius 1 is 1.11 bits per heavy atom. The second-order valence-corrected chi connectivity index (χ2v) is 9.20. The SMILES string of the molecule is COc1ccc(-c2cnc(N(C)C)nc2C2CCN(CC(C)(C)C)CC2)cc1. The molecule has 0 saturated carbocycles. The summed E-state index contributed by atoms with van der Waals surface area (Å²) < 4.78 is 5.31. The highest BCUT2D eigenvalue weighted by atomic mass is 16.5. The van der Waals surface area contributed by atoms with Gasteiger partial charge in [-0.3, -0.25) is 0 Å². The summed E-state index contributed by atoms with van der Waals surface area (Å²) in [5.41, 5.74) is 3.81. The van der Waals surface area contributed by atoms with Crippen molar-refractivity contribution in [2.45, 2.75) is 39.5 Å². The van der Waals surface area contributed by atoms with E-state index in [1.165, 1.54) is 5.69 Å². The molecule has 1 fully saturated rings. The Morgan fingerprint density at radius 3 is 2.29 bits per heavy atom. The zero-order valence-corrected chi connectivity index (χ0v) is 18.2. The Labute approximate surface area is 169 Å². The van der Waals surface area contributed by atoms with Crippen molar-refractivity contribution in [1.82, 2.24) is 14.9 Å². The largest absolute Gasteiger partial charge is 0.497 e. The molecule has 1 aliphatic rings. The van der Waals surface area contributed by atoms with Crippen LogP contribution < -0.4 is 9.64 Å². The summed E-state index contributed by atoms with van der Waals surface area (Å²) in [6.07, 6.45) is 4.27. The van der Waals surface area contributed by atoms with Gasteiger partial charge in [-0.25, -0.2) is 9.97 Å². The molecule has 1 aromatic heterocycles. The Hall–Kier alpha value is -2.14. The third-order valence-corrected chi connectivity index (χ3v) is 5.28. The molecule has 0 spiro atoms. The first-order valence-corrected chi connectivity index (χ1v) is 10.2. The minimum absolute atomic E-state index is 0.341. The number of rotatable bonds is 5. The molecule has 1 saturated heterocycles. The summed E-state index contributed by atoms with van der Waals surface area (Å²) in [5, 5.41) is 0. The number of piperidine rings is 1. The van der Waals surface area contributed by atoms with Crippen molar-refractivity contribution in [3.8, 4) is 16.9 Å². The molecule has 5 nitrogen and oxygen atoms in total. The van der Waals surface area contributed by atoms with Crippen LogP contribution in [0.15, 0.2) is 30.5 Å². The maximum absolute atomic E-state index is 5.31. The fraction of sp³-hybridized carbons (Fsp3) is 0.565. The van der Waals surface area contributed by atoms with Crippen LogP contribution >= 0.6 is 0 Å². The molecule has 0 radical (unpaired) electrons. The van der Waals surface area contributed by atoms with Crippen LogP contribution in [0.5, 0.6) is 5.75 Å². The van der Waals surface area contributed by atoms with Crippen LogP contribution in [0.1, 0.15) is 45.2 Å². The number of nitrogens with zero attached hydrogens (tertiary/aromatic N) is 4. The van der Waals surface area contributed by atoms with Gasteiger partial charge in [0, 0.05) is 38.3 Å². The molecule has 0 atom stereocenters. The average molecular weight is 383 g/mol. The summed E-state index contributed by atoms with van der Waals surface area (Å²) in [6.45, 7) is 10.4. The van der Waals surface area contributed by atoms with Gasteiger partial charge in [0.2, 0.25) is 5.95 Å². The van der Waals surface area contributed by atoms with E-state index in [4.69, 9.17) is 9.72 Å². The minimum atomic E-state index is 0.341. The van der Waals surface area contributed by atoms with Crippen LogP contribution in [0, 0.1) is 5.41 Å². The summed E-state index contributed by atoms with van der Waals surface area (Å²) in [4.78, 5) is 14.1. The molecule has 2 aromatic rings. The van der Waals surface area contributed by atoms with Gasteiger partial charge in [0.1, 0.15) is 5.75 Å². The van der Waals surface area contributed by atoms with Crippen molar-refractivity contribution in [3.05, 3.63) is 36.2 Å². The minimum Gasteiger partial charge on any atom is -0.497 e. The number of ether oxygens (including phenoxy) is 1. The Morgan fingerprint density at radius 2 is 1.75 bits per heavy atom. The van der Waals surface area contributed by atoms with Crippen LogP contribution in [0.25, 0.3) is 11.1 Å². The second kappa shape index (κ2) is 8.48. The molecule has 0 amide bonds. The maximum atomic E-state index is 5.31. The van der Waals surface area contributed by atoms with E-state index in [1.54, 1.807) is 7.11 Å². The van der Waals surface area contributed by atoms with Gasteiger partial charge in [-0.2, -0.15) is 0 Å². The smallest absolute Gasteiger partial charge is 0.225 e. The van der Waals surface area contributed by atoms with Gasteiger partial charge in [0.05, 0.1) is 12.8 Å². The second-order valence-electron chi connectivity index (χ2n) is 9.20. The van der Waals surface area contributed by atoms with E-state index in [0.717, 1.165) is 55.3 Å². The highest BCUT2D eigenvalue weighted by Crippen LogP contribution is 2.35. The van der Waals surface area contributed by atoms with E-state index >= 15 is 0 Å². The Bertz CT molecular complexity index is 772. The van der Waals surface area contributed by atoms with E-state index in [1.807, 2.05) is 37.3 Å². The van der Waals surface area contributed by atoms with E-state index < -0.39 is 0 Å². The lowest BCUT2D eigenvalue weighted by Crippen LogP contribution is -2.38. The highest BCUT2D eigenvalue weighted by molar-refractivity contribution is 5.67. The molecule has 152 valence electrons. The number of hydrogen-bond donors (Lipinski definition) is 0. The maximum Gasteiger partial charge on any atom is 0.225 e. The van der Waals surface area contributed by atoms with Gasteiger partial charge in [-0.1, -0.05) is 32.9 Å². The van der Waals surface area contributed by atoms with E-state index in [2.05, 4.69) is 42.8 Å². The zero-order chi connectivity index (χ0) is 20.3. The number of methoxy groups -OCH3 is 1. The molecule has 0 unspecified atom stereocenters. The van der Waals surface area contributed by atoms with Gasteiger partial charge in [0.15, 0.2) is 0 Å². The van der Waals surface area contributed by atoms with Crippen molar-refractivity contribution in [3.63, 3.8) is 0 Å². The van der Waals surface area contributed by atoms with E-state index in [0.29, 0.717) is 11.3 Å². The number of benzene rings is 1. The van der Waals surface area contributed by atoms with Gasteiger partial charge in [-0.05, 0) is 49.0 Å². The third-order valence-electron chi connectivity index (χ3n) is 5.28. The van der Waals surface area contributed by atoms with Crippen molar-refractivity contribution in [2.24, 2.45) is 5.41 Å². The fourth-order valence-corrected chi connectivity index (χ4v) is 3.94. The number of aromatic nitrogens is 2. The number of hydrogen-bond acceptors (Lipinski definition) is 5. The molecule has 0 bridgehead atoms. The van der Waals surface area contributed by atoms with Crippen LogP contribution in [-0.2, 0) is 0 Å². The summed E-state index contributed by atoms with van der Waals surface area (Å²) in [5.74, 6) is 2.12. The Kier molecular flexibility index (Phi) is 6.23. The van der Waals surface area contributed by atoms with Crippen molar-refractivity contribution in [1.29, 1.82) is 0 Å². The lowest BCUT2D eigenvalue weighted by atomic mass is 9.87. The molecule has 1 aromatic carbocycles. The van der Waals surface area contributed by atoms with E-state index in [-0.39, 0.29) is 0 Å². The summed E-state index contributed by atoms with van der Waals surface area (Å²) >= 11 is 0. The van der Waals surface area contributed by atoms with E-state index in [9.17, 15) is 0 Å². The van der Waals surface area contributed by atoms with Gasteiger partial charge >= 0.3 is 0 Å². The summed E-state index contributed by atoms with van der Waals surface area (Å²) in [6, 6.07) is 8.21. The predicted octanol–water partition coefficient (Wildman–Crippen LogP) is 4.44. The number of anilines is 1. The molecule has 0 N–H and O–H groups in total. The topological polar surface area (TPSA) is 41.5 Å². The van der Waals surface area contributed by atoms with Crippen LogP contribution in [0.4, 0.5) is 5.95 Å². The molecule has 1 aliphatic heterocycles. The molecule has 2 heterocycles. The molecule has 3 rings (SSSR count). The van der Waals surface area contributed by atoms with Gasteiger partial charge < -0.3 is 14.5 Å². The zero-order valence-electron chi connectivity index (χ0n) is 18.2. The van der Waals surface area contributed by atoms with Crippen LogP contribution in [0.2, 0.25) is 0 Å². The highest BCUT2D eigenvalue weighted by Gasteiger charge is 2.27. The molecule has 0 aliphatic carbocycles. The first kappa shape index (κ1) is 20.6. The normalized spacial score (nSPS) is 16.2.